The van der Waals surface area contributed by atoms with E-state index in [1.54, 1.807) is 0 Å². The van der Waals surface area contributed by atoms with Crippen LogP contribution in [0.15, 0.2) is 0 Å². The van der Waals surface area contributed by atoms with E-state index in [0.29, 0.717) is 12.1 Å². The Labute approximate surface area is 114 Å². The molecule has 1 saturated carbocycles. The van der Waals surface area contributed by atoms with Crippen molar-refractivity contribution < 1.29 is 4.74 Å². The van der Waals surface area contributed by atoms with Gasteiger partial charge in [-0.15, -0.1) is 0 Å². The van der Waals surface area contributed by atoms with Crippen molar-refractivity contribution in [1.82, 2.24) is 5.32 Å². The van der Waals surface area contributed by atoms with Crippen LogP contribution in [0.1, 0.15) is 66.2 Å². The van der Waals surface area contributed by atoms with Crippen molar-refractivity contribution in [1.29, 1.82) is 0 Å². The van der Waals surface area contributed by atoms with Crippen molar-refractivity contribution in [2.24, 2.45) is 11.8 Å². The highest BCUT2D eigenvalue weighted by Gasteiger charge is 2.31. The minimum absolute atomic E-state index is 0.448. The lowest BCUT2D eigenvalue weighted by molar-refractivity contribution is -0.0175. The van der Waals surface area contributed by atoms with Crippen molar-refractivity contribution >= 4 is 0 Å². The van der Waals surface area contributed by atoms with Crippen LogP contribution in [0.25, 0.3) is 0 Å². The van der Waals surface area contributed by atoms with Gasteiger partial charge in [-0.05, 0) is 50.5 Å². The van der Waals surface area contributed by atoms with Gasteiger partial charge in [0.2, 0.25) is 0 Å². The molecule has 1 rings (SSSR count). The predicted molar refractivity (Wildman–Crippen MR) is 78.9 cm³/mol. The van der Waals surface area contributed by atoms with Crippen LogP contribution < -0.4 is 5.32 Å². The third-order valence-corrected chi connectivity index (χ3v) is 4.26. The second-order valence-corrected chi connectivity index (χ2v) is 6.14. The Hall–Kier alpha value is -0.0800. The molecule has 2 nitrogen and oxygen atoms in total. The maximum absolute atomic E-state index is 6.15. The third-order valence-electron chi connectivity index (χ3n) is 4.26. The summed E-state index contributed by atoms with van der Waals surface area (Å²) in [4.78, 5) is 0. The van der Waals surface area contributed by atoms with Gasteiger partial charge in [-0.1, -0.05) is 34.1 Å². The van der Waals surface area contributed by atoms with Crippen LogP contribution in [0, 0.1) is 11.8 Å². The van der Waals surface area contributed by atoms with Crippen molar-refractivity contribution in [2.45, 2.75) is 78.4 Å². The molecule has 1 fully saturated rings. The van der Waals surface area contributed by atoms with Gasteiger partial charge in [-0.2, -0.15) is 0 Å². The summed E-state index contributed by atoms with van der Waals surface area (Å²) in [6, 6.07) is 0.594. The van der Waals surface area contributed by atoms with E-state index in [-0.39, 0.29) is 0 Å². The molecule has 0 aromatic rings. The highest BCUT2D eigenvalue weighted by atomic mass is 16.5. The molecule has 3 unspecified atom stereocenters. The number of hydrogen-bond acceptors (Lipinski definition) is 2. The van der Waals surface area contributed by atoms with Crippen LogP contribution >= 0.6 is 0 Å². The topological polar surface area (TPSA) is 21.3 Å². The molecule has 0 spiro atoms. The summed E-state index contributed by atoms with van der Waals surface area (Å²) in [5.41, 5.74) is 0. The fraction of sp³-hybridized carbons (Fsp3) is 1.00. The van der Waals surface area contributed by atoms with Crippen LogP contribution in [0.5, 0.6) is 0 Å². The monoisotopic (exact) mass is 255 g/mol. The molecule has 0 bridgehead atoms. The van der Waals surface area contributed by atoms with Gasteiger partial charge in [0.25, 0.3) is 0 Å². The van der Waals surface area contributed by atoms with Gasteiger partial charge in [0.05, 0.1) is 6.10 Å². The molecule has 0 saturated heterocycles. The van der Waals surface area contributed by atoms with Crippen molar-refractivity contribution in [3.8, 4) is 0 Å². The van der Waals surface area contributed by atoms with E-state index in [4.69, 9.17) is 4.74 Å². The molecule has 0 radical (unpaired) electrons. The van der Waals surface area contributed by atoms with Crippen LogP contribution in [-0.4, -0.2) is 25.3 Å². The SMILES string of the molecule is CCCCOC1CC(C(C)C)CCC1NCCC. The van der Waals surface area contributed by atoms with Crippen LogP contribution in [-0.2, 0) is 4.74 Å². The Morgan fingerprint density at radius 1 is 1.17 bits per heavy atom. The second kappa shape index (κ2) is 8.92. The first kappa shape index (κ1) is 16.0. The van der Waals surface area contributed by atoms with Gasteiger partial charge in [0, 0.05) is 12.6 Å². The summed E-state index contributed by atoms with van der Waals surface area (Å²) >= 11 is 0. The smallest absolute Gasteiger partial charge is 0.0730 e. The molecule has 0 amide bonds. The van der Waals surface area contributed by atoms with E-state index in [2.05, 4.69) is 33.0 Å². The Balaban J connectivity index is 2.44. The quantitative estimate of drug-likeness (QED) is 0.662. The summed E-state index contributed by atoms with van der Waals surface area (Å²) in [6.07, 6.45) is 8.00. The second-order valence-electron chi connectivity index (χ2n) is 6.14. The zero-order chi connectivity index (χ0) is 13.4. The van der Waals surface area contributed by atoms with E-state index in [0.717, 1.165) is 25.0 Å². The fourth-order valence-corrected chi connectivity index (χ4v) is 2.89. The van der Waals surface area contributed by atoms with Gasteiger partial charge >= 0.3 is 0 Å². The van der Waals surface area contributed by atoms with Gasteiger partial charge < -0.3 is 10.1 Å². The van der Waals surface area contributed by atoms with Gasteiger partial charge in [0.1, 0.15) is 0 Å². The van der Waals surface area contributed by atoms with Crippen LogP contribution in [0.3, 0.4) is 0 Å². The van der Waals surface area contributed by atoms with Gasteiger partial charge in [-0.3, -0.25) is 0 Å². The largest absolute Gasteiger partial charge is 0.377 e. The lowest BCUT2D eigenvalue weighted by atomic mass is 9.78. The molecule has 0 aromatic heterocycles. The molecular formula is C16H33NO. The van der Waals surface area contributed by atoms with Crippen LogP contribution in [0.2, 0.25) is 0 Å². The summed E-state index contributed by atoms with van der Waals surface area (Å²) in [6.45, 7) is 11.2. The lowest BCUT2D eigenvalue weighted by Gasteiger charge is -2.38. The molecule has 0 heterocycles. The first-order valence-electron chi connectivity index (χ1n) is 8.04. The van der Waals surface area contributed by atoms with E-state index < -0.39 is 0 Å². The van der Waals surface area contributed by atoms with E-state index in [9.17, 15) is 0 Å². The molecule has 2 heteroatoms. The molecule has 1 aliphatic carbocycles. The minimum atomic E-state index is 0.448. The predicted octanol–water partition coefficient (Wildman–Crippen LogP) is 4.00. The average Bonchev–Trinajstić information content (AvgIpc) is 2.37. The number of unbranched alkanes of at least 4 members (excludes halogenated alkanes) is 1. The summed E-state index contributed by atoms with van der Waals surface area (Å²) in [5, 5.41) is 3.68. The van der Waals surface area contributed by atoms with Gasteiger partial charge in [-0.25, -0.2) is 0 Å². The van der Waals surface area contributed by atoms with E-state index in [1.165, 1.54) is 38.5 Å². The summed E-state index contributed by atoms with van der Waals surface area (Å²) < 4.78 is 6.15. The number of rotatable bonds is 8. The zero-order valence-corrected chi connectivity index (χ0v) is 12.9. The molecule has 3 atom stereocenters. The first-order valence-corrected chi connectivity index (χ1v) is 8.04. The normalized spacial score (nSPS) is 28.8. The van der Waals surface area contributed by atoms with Crippen molar-refractivity contribution in [3.63, 3.8) is 0 Å². The molecule has 1 N–H and O–H groups in total. The average molecular weight is 255 g/mol. The lowest BCUT2D eigenvalue weighted by Crippen LogP contribution is -2.46. The van der Waals surface area contributed by atoms with E-state index in [1.807, 2.05) is 0 Å². The standard InChI is InChI=1S/C16H33NO/c1-5-7-11-18-16-12-14(13(3)4)8-9-15(16)17-10-6-2/h13-17H,5-12H2,1-4H3. The highest BCUT2D eigenvalue weighted by molar-refractivity contribution is 4.86. The number of hydrogen-bond donors (Lipinski definition) is 1. The number of ether oxygens (including phenoxy) is 1. The Morgan fingerprint density at radius 2 is 1.94 bits per heavy atom. The Morgan fingerprint density at radius 3 is 2.56 bits per heavy atom. The minimum Gasteiger partial charge on any atom is -0.377 e. The van der Waals surface area contributed by atoms with Crippen molar-refractivity contribution in [3.05, 3.63) is 0 Å². The maximum atomic E-state index is 6.15. The maximum Gasteiger partial charge on any atom is 0.0730 e. The molecule has 108 valence electrons. The molecule has 0 aromatic carbocycles. The molecule has 18 heavy (non-hydrogen) atoms. The first-order chi connectivity index (χ1) is 8.69. The fourth-order valence-electron chi connectivity index (χ4n) is 2.89. The van der Waals surface area contributed by atoms with E-state index >= 15 is 0 Å². The zero-order valence-electron chi connectivity index (χ0n) is 12.9. The molecule has 0 aliphatic heterocycles. The van der Waals surface area contributed by atoms with Gasteiger partial charge in [0.15, 0.2) is 0 Å². The Kier molecular flexibility index (Phi) is 7.92. The molecular weight excluding hydrogens is 222 g/mol. The van der Waals surface area contributed by atoms with Crippen LogP contribution in [0.4, 0.5) is 0 Å². The Bertz CT molecular complexity index is 205. The molecule has 1 aliphatic rings. The highest BCUT2D eigenvalue weighted by Crippen LogP contribution is 2.32. The summed E-state index contributed by atoms with van der Waals surface area (Å²) in [7, 11) is 0. The van der Waals surface area contributed by atoms with Crippen molar-refractivity contribution in [2.75, 3.05) is 13.2 Å². The summed E-state index contributed by atoms with van der Waals surface area (Å²) in [5.74, 6) is 1.66. The number of nitrogens with one attached hydrogen (secondary N) is 1. The third kappa shape index (κ3) is 5.27.